The highest BCUT2D eigenvalue weighted by Crippen LogP contribution is 2.25. The van der Waals surface area contributed by atoms with Crippen molar-refractivity contribution in [3.63, 3.8) is 0 Å². The molecule has 0 amide bonds. The number of aromatic nitrogens is 1. The van der Waals surface area contributed by atoms with Gasteiger partial charge >= 0.3 is 0 Å². The lowest BCUT2D eigenvalue weighted by Gasteiger charge is -2.36. The first-order valence-corrected chi connectivity index (χ1v) is 6.78. The zero-order valence-electron chi connectivity index (χ0n) is 11.5. The summed E-state index contributed by atoms with van der Waals surface area (Å²) in [6.45, 7) is 11.4. The van der Waals surface area contributed by atoms with Crippen LogP contribution in [0.4, 0.5) is 5.82 Å². The molecule has 17 heavy (non-hydrogen) atoms. The van der Waals surface area contributed by atoms with Crippen LogP contribution in [0.2, 0.25) is 0 Å². The number of piperidine rings is 1. The molecule has 1 aliphatic rings. The molecule has 2 heteroatoms. The first kappa shape index (κ1) is 12.4. The predicted octanol–water partition coefficient (Wildman–Crippen LogP) is 3.69. The molecular formula is C15H24N2. The van der Waals surface area contributed by atoms with Gasteiger partial charge in [-0.2, -0.15) is 0 Å². The summed E-state index contributed by atoms with van der Waals surface area (Å²) in [5.41, 5.74) is 1.20. The third-order valence-corrected chi connectivity index (χ3v) is 3.54. The van der Waals surface area contributed by atoms with E-state index in [1.807, 2.05) is 0 Å². The number of hydrogen-bond acceptors (Lipinski definition) is 2. The van der Waals surface area contributed by atoms with Crippen LogP contribution in [-0.4, -0.2) is 18.1 Å². The van der Waals surface area contributed by atoms with Gasteiger partial charge in [0.25, 0.3) is 0 Å². The topological polar surface area (TPSA) is 16.1 Å². The monoisotopic (exact) mass is 232 g/mol. The smallest absolute Gasteiger partial charge is 0.128 e. The Morgan fingerprint density at radius 2 is 1.82 bits per heavy atom. The summed E-state index contributed by atoms with van der Waals surface area (Å²) < 4.78 is 0. The van der Waals surface area contributed by atoms with Crippen molar-refractivity contribution in [1.82, 2.24) is 4.98 Å². The first-order valence-electron chi connectivity index (χ1n) is 6.78. The van der Waals surface area contributed by atoms with Gasteiger partial charge in [-0.05, 0) is 36.3 Å². The van der Waals surface area contributed by atoms with Crippen molar-refractivity contribution in [3.05, 3.63) is 23.9 Å². The normalized spacial score (nSPS) is 25.4. The molecule has 2 rings (SSSR count). The van der Waals surface area contributed by atoms with Crippen LogP contribution >= 0.6 is 0 Å². The Morgan fingerprint density at radius 3 is 2.41 bits per heavy atom. The van der Waals surface area contributed by atoms with Crippen molar-refractivity contribution in [2.24, 2.45) is 11.8 Å². The van der Waals surface area contributed by atoms with Crippen LogP contribution in [0, 0.1) is 11.8 Å². The van der Waals surface area contributed by atoms with E-state index < -0.39 is 0 Å². The molecule has 1 aromatic heterocycles. The van der Waals surface area contributed by atoms with Gasteiger partial charge in [-0.15, -0.1) is 0 Å². The minimum atomic E-state index is 0.509. The van der Waals surface area contributed by atoms with Gasteiger partial charge in [-0.1, -0.05) is 33.8 Å². The third kappa shape index (κ3) is 2.99. The van der Waals surface area contributed by atoms with Crippen LogP contribution in [0.25, 0.3) is 0 Å². The highest BCUT2D eigenvalue weighted by Gasteiger charge is 2.22. The average Bonchev–Trinajstić information content (AvgIpc) is 2.28. The zero-order valence-corrected chi connectivity index (χ0v) is 11.5. The van der Waals surface area contributed by atoms with Crippen molar-refractivity contribution in [2.75, 3.05) is 18.0 Å². The lowest BCUT2D eigenvalue weighted by Crippen LogP contribution is -2.39. The molecule has 1 aliphatic heterocycles. The highest BCUT2D eigenvalue weighted by atomic mass is 15.2. The molecular weight excluding hydrogens is 208 g/mol. The molecule has 0 aliphatic carbocycles. The lowest BCUT2D eigenvalue weighted by molar-refractivity contribution is 0.355. The summed E-state index contributed by atoms with van der Waals surface area (Å²) in [7, 11) is 0. The van der Waals surface area contributed by atoms with Crippen LogP contribution in [0.3, 0.4) is 0 Å². The quantitative estimate of drug-likeness (QED) is 0.773. The van der Waals surface area contributed by atoms with Gasteiger partial charge in [0, 0.05) is 18.8 Å². The summed E-state index contributed by atoms with van der Waals surface area (Å²) in [6.07, 6.45) is 1.35. The molecule has 94 valence electrons. The van der Waals surface area contributed by atoms with E-state index >= 15 is 0 Å². The molecule has 1 fully saturated rings. The van der Waals surface area contributed by atoms with Crippen molar-refractivity contribution in [2.45, 2.75) is 40.0 Å². The van der Waals surface area contributed by atoms with Crippen molar-refractivity contribution in [1.29, 1.82) is 0 Å². The fourth-order valence-corrected chi connectivity index (χ4v) is 2.79. The number of hydrogen-bond donors (Lipinski definition) is 0. The van der Waals surface area contributed by atoms with Crippen molar-refractivity contribution in [3.8, 4) is 0 Å². The standard InChI is InChI=1S/C15H24N2/c1-11(2)14-6-5-7-15(16-14)17-9-12(3)8-13(4)10-17/h5-7,11-13H,8-10H2,1-4H3/t12-,13+. The van der Waals surface area contributed by atoms with Gasteiger partial charge in [0.1, 0.15) is 5.82 Å². The Labute approximate surface area is 105 Å². The molecule has 0 spiro atoms. The van der Waals surface area contributed by atoms with E-state index in [1.54, 1.807) is 0 Å². The summed E-state index contributed by atoms with van der Waals surface area (Å²) in [5, 5.41) is 0. The number of rotatable bonds is 2. The zero-order chi connectivity index (χ0) is 12.4. The fourth-order valence-electron chi connectivity index (χ4n) is 2.79. The van der Waals surface area contributed by atoms with Gasteiger partial charge < -0.3 is 4.90 Å². The third-order valence-electron chi connectivity index (χ3n) is 3.54. The first-order chi connectivity index (χ1) is 8.06. The Balaban J connectivity index is 2.18. The van der Waals surface area contributed by atoms with Gasteiger partial charge in [0.2, 0.25) is 0 Å². The molecule has 2 nitrogen and oxygen atoms in total. The number of pyridine rings is 1. The minimum Gasteiger partial charge on any atom is -0.356 e. The average molecular weight is 232 g/mol. The van der Waals surface area contributed by atoms with Gasteiger partial charge in [-0.3, -0.25) is 0 Å². The molecule has 1 saturated heterocycles. The molecule has 0 radical (unpaired) electrons. The van der Waals surface area contributed by atoms with Crippen LogP contribution in [-0.2, 0) is 0 Å². The maximum atomic E-state index is 4.79. The fraction of sp³-hybridized carbons (Fsp3) is 0.667. The van der Waals surface area contributed by atoms with Crippen LogP contribution < -0.4 is 4.90 Å². The minimum absolute atomic E-state index is 0.509. The van der Waals surface area contributed by atoms with Gasteiger partial charge in [-0.25, -0.2) is 4.98 Å². The largest absolute Gasteiger partial charge is 0.356 e. The lowest BCUT2D eigenvalue weighted by atomic mass is 9.92. The van der Waals surface area contributed by atoms with Crippen LogP contribution in [0.5, 0.6) is 0 Å². The highest BCUT2D eigenvalue weighted by molar-refractivity contribution is 5.40. The summed E-state index contributed by atoms with van der Waals surface area (Å²) in [6, 6.07) is 6.42. The Morgan fingerprint density at radius 1 is 1.18 bits per heavy atom. The second-order valence-corrected chi connectivity index (χ2v) is 5.93. The Bertz CT molecular complexity index is 363. The van der Waals surface area contributed by atoms with E-state index in [-0.39, 0.29) is 0 Å². The van der Waals surface area contributed by atoms with E-state index in [2.05, 4.69) is 50.8 Å². The van der Waals surface area contributed by atoms with E-state index in [4.69, 9.17) is 4.98 Å². The second kappa shape index (κ2) is 5.07. The van der Waals surface area contributed by atoms with Crippen LogP contribution in [0.1, 0.15) is 45.7 Å². The second-order valence-electron chi connectivity index (χ2n) is 5.93. The van der Waals surface area contributed by atoms with E-state index in [1.165, 1.54) is 12.1 Å². The maximum absolute atomic E-state index is 4.79. The Kier molecular flexibility index (Phi) is 3.70. The molecule has 0 bridgehead atoms. The molecule has 0 saturated carbocycles. The van der Waals surface area contributed by atoms with E-state index in [0.717, 1.165) is 30.7 Å². The molecule has 0 N–H and O–H groups in total. The summed E-state index contributed by atoms with van der Waals surface area (Å²) in [4.78, 5) is 7.24. The molecule has 2 atom stereocenters. The Hall–Kier alpha value is -1.05. The molecule has 1 aromatic rings. The summed E-state index contributed by atoms with van der Waals surface area (Å²) >= 11 is 0. The SMILES string of the molecule is CC(C)c1cccc(N2C[C@H](C)C[C@H](C)C2)n1. The number of nitrogens with zero attached hydrogens (tertiary/aromatic N) is 2. The molecule has 2 heterocycles. The van der Waals surface area contributed by atoms with Crippen molar-refractivity contribution < 1.29 is 0 Å². The van der Waals surface area contributed by atoms with Gasteiger partial charge in [0.15, 0.2) is 0 Å². The maximum Gasteiger partial charge on any atom is 0.128 e. The molecule has 0 aromatic carbocycles. The van der Waals surface area contributed by atoms with Crippen LogP contribution in [0.15, 0.2) is 18.2 Å². The predicted molar refractivity (Wildman–Crippen MR) is 73.5 cm³/mol. The van der Waals surface area contributed by atoms with E-state index in [0.29, 0.717) is 5.92 Å². The summed E-state index contributed by atoms with van der Waals surface area (Å²) in [5.74, 6) is 3.23. The van der Waals surface area contributed by atoms with E-state index in [9.17, 15) is 0 Å². The van der Waals surface area contributed by atoms with Gasteiger partial charge in [0.05, 0.1) is 0 Å². The molecule has 0 unspecified atom stereocenters. The number of anilines is 1. The van der Waals surface area contributed by atoms with Crippen molar-refractivity contribution >= 4 is 5.82 Å².